The number of rotatable bonds is 46. The summed E-state index contributed by atoms with van der Waals surface area (Å²) in [4.78, 5) is -0.131. The Morgan fingerprint density at radius 2 is 0.468 bits per heavy atom. The maximum absolute atomic E-state index is 12.0. The van der Waals surface area contributed by atoms with Crippen molar-refractivity contribution in [1.82, 2.24) is 0 Å². The number of unbranched alkanes of at least 4 members (excludes halogenated alkanes) is 36. The van der Waals surface area contributed by atoms with Crippen LogP contribution in [0.4, 0.5) is 0 Å². The zero-order chi connectivity index (χ0) is 55.0. The van der Waals surface area contributed by atoms with Gasteiger partial charge in [0.1, 0.15) is 20.2 Å². The van der Waals surface area contributed by atoms with E-state index in [0.717, 1.165) is 62.1 Å². The van der Waals surface area contributed by atoms with Crippen molar-refractivity contribution in [1.29, 1.82) is 0 Å². The van der Waals surface area contributed by atoms with Crippen LogP contribution in [0.1, 0.15) is 307 Å². The Labute approximate surface area is 514 Å². The fourth-order valence-electron chi connectivity index (χ4n) is 11.5. The average molecular weight is 1230 g/mol. The van der Waals surface area contributed by atoms with Gasteiger partial charge in [0.15, 0.2) is 0 Å². The monoisotopic (exact) mass is 1220 g/mol. The molecule has 4 aromatic rings. The summed E-state index contributed by atoms with van der Waals surface area (Å²) < 4.78 is 72.0. The molecule has 0 unspecified atom stereocenters. The summed E-state index contributed by atoms with van der Waals surface area (Å²) in [5, 5.41) is 3.29. The predicted octanol–water partition coefficient (Wildman–Crippen LogP) is 21.0. The largest absolute Gasteiger partial charge is 2.00 e. The van der Waals surface area contributed by atoms with Crippen molar-refractivity contribution in [3.05, 3.63) is 82.9 Å². The molecule has 0 aromatic heterocycles. The van der Waals surface area contributed by atoms with Gasteiger partial charge >= 0.3 is 48.9 Å². The van der Waals surface area contributed by atoms with Gasteiger partial charge in [0.25, 0.3) is 0 Å². The summed E-state index contributed by atoms with van der Waals surface area (Å²) in [6.45, 7) is 9.05. The van der Waals surface area contributed by atoms with E-state index in [1.54, 1.807) is 12.1 Å². The molecule has 0 aliphatic rings. The van der Waals surface area contributed by atoms with Crippen molar-refractivity contribution in [2.75, 3.05) is 0 Å². The number of fused-ring (bicyclic) bond motifs is 2. The van der Waals surface area contributed by atoms with Gasteiger partial charge in [0.05, 0.1) is 9.79 Å². The van der Waals surface area contributed by atoms with Gasteiger partial charge in [-0.25, -0.2) is 16.8 Å². The van der Waals surface area contributed by atoms with Crippen molar-refractivity contribution in [2.24, 2.45) is 0 Å². The molecule has 4 rings (SSSR count). The van der Waals surface area contributed by atoms with Crippen molar-refractivity contribution in [3.8, 4) is 0 Å². The SMILES string of the molecule is CCCCCCCCCCCCc1cccc2c(S(=O)(=O)[O-])ccc(CCCCCCCCCCCC)c12.CCCCCCCCCCCCc1cccc2c(S(=O)(=O)[O-])ccc(CCCCCCCCCCCC)c12.[Ba+2]. The molecule has 0 atom stereocenters. The molecule has 0 fully saturated rings. The van der Waals surface area contributed by atoms with Gasteiger partial charge in [-0.3, -0.25) is 0 Å². The van der Waals surface area contributed by atoms with Gasteiger partial charge in [-0.1, -0.05) is 307 Å². The molecular weight excluding hydrogens is 1110 g/mol. The van der Waals surface area contributed by atoms with Crippen LogP contribution < -0.4 is 0 Å². The summed E-state index contributed by atoms with van der Waals surface area (Å²) in [6.07, 6.45) is 55.8. The third-order valence-electron chi connectivity index (χ3n) is 16.1. The second-order valence-electron chi connectivity index (χ2n) is 22.8. The van der Waals surface area contributed by atoms with E-state index in [9.17, 15) is 25.9 Å². The Morgan fingerprint density at radius 1 is 0.273 bits per heavy atom. The van der Waals surface area contributed by atoms with Crippen LogP contribution >= 0.6 is 0 Å². The second-order valence-corrected chi connectivity index (χ2v) is 25.5. The first-order valence-corrected chi connectivity index (χ1v) is 34.8. The van der Waals surface area contributed by atoms with Crippen LogP contribution in [0.15, 0.2) is 70.5 Å². The van der Waals surface area contributed by atoms with Crippen molar-refractivity contribution >= 4 is 90.7 Å². The molecule has 0 radical (unpaired) electrons. The number of benzene rings is 4. The van der Waals surface area contributed by atoms with E-state index >= 15 is 0 Å². The first-order valence-electron chi connectivity index (χ1n) is 32.0. The van der Waals surface area contributed by atoms with Gasteiger partial charge in [-0.2, -0.15) is 0 Å². The van der Waals surface area contributed by atoms with Crippen LogP contribution in [-0.2, 0) is 45.9 Å². The molecule has 0 spiro atoms. The van der Waals surface area contributed by atoms with E-state index < -0.39 is 20.2 Å². The molecule has 0 bridgehead atoms. The van der Waals surface area contributed by atoms with E-state index in [1.165, 1.54) is 253 Å². The van der Waals surface area contributed by atoms with E-state index in [1.807, 2.05) is 36.4 Å². The Bertz CT molecular complexity index is 2100. The summed E-state index contributed by atoms with van der Waals surface area (Å²) >= 11 is 0. The molecule has 0 amide bonds. The number of hydrogen-bond donors (Lipinski definition) is 0. The molecular formula is C68H110BaO6S2. The maximum atomic E-state index is 12.0. The van der Waals surface area contributed by atoms with Crippen LogP contribution in [0.3, 0.4) is 0 Å². The van der Waals surface area contributed by atoms with Crippen molar-refractivity contribution < 1.29 is 25.9 Å². The minimum Gasteiger partial charge on any atom is -0.744 e. The van der Waals surface area contributed by atoms with E-state index in [-0.39, 0.29) is 58.7 Å². The maximum Gasteiger partial charge on any atom is 2.00 e. The molecule has 4 aromatic carbocycles. The minimum absolute atomic E-state index is 0. The summed E-state index contributed by atoms with van der Waals surface area (Å²) in [6, 6.07) is 18.7. The predicted molar refractivity (Wildman–Crippen MR) is 332 cm³/mol. The van der Waals surface area contributed by atoms with Crippen LogP contribution in [0.2, 0.25) is 0 Å². The quantitative estimate of drug-likeness (QED) is 0.0247. The molecule has 77 heavy (non-hydrogen) atoms. The Hall–Kier alpha value is -1.21. The molecule has 0 N–H and O–H groups in total. The smallest absolute Gasteiger partial charge is 0.744 e. The van der Waals surface area contributed by atoms with Crippen LogP contribution in [0.25, 0.3) is 21.5 Å². The number of hydrogen-bond acceptors (Lipinski definition) is 6. The molecule has 9 heteroatoms. The molecule has 0 saturated heterocycles. The summed E-state index contributed by atoms with van der Waals surface area (Å²) in [7, 11) is -9.00. The van der Waals surface area contributed by atoms with Crippen LogP contribution in [0.5, 0.6) is 0 Å². The Morgan fingerprint density at radius 3 is 0.675 bits per heavy atom. The number of aryl methyl sites for hydroxylation is 4. The Balaban J connectivity index is 0.000000520. The van der Waals surface area contributed by atoms with Crippen molar-refractivity contribution in [3.63, 3.8) is 0 Å². The first kappa shape index (κ1) is 71.9. The third-order valence-corrected chi connectivity index (χ3v) is 17.9. The van der Waals surface area contributed by atoms with Gasteiger partial charge in [0.2, 0.25) is 0 Å². The van der Waals surface area contributed by atoms with Gasteiger partial charge in [-0.15, -0.1) is 0 Å². The molecule has 0 heterocycles. The van der Waals surface area contributed by atoms with Gasteiger partial charge < -0.3 is 9.11 Å². The molecule has 6 nitrogen and oxygen atoms in total. The van der Waals surface area contributed by atoms with Gasteiger partial charge in [0, 0.05) is 0 Å². The molecule has 0 aliphatic carbocycles. The summed E-state index contributed by atoms with van der Waals surface area (Å²) in [5.41, 5.74) is 4.81. The summed E-state index contributed by atoms with van der Waals surface area (Å²) in [5.74, 6) is 0. The zero-order valence-corrected chi connectivity index (χ0v) is 55.9. The zero-order valence-electron chi connectivity index (χ0n) is 49.9. The van der Waals surface area contributed by atoms with E-state index in [2.05, 4.69) is 39.8 Å². The average Bonchev–Trinajstić information content (AvgIpc) is 3.43. The van der Waals surface area contributed by atoms with E-state index in [4.69, 9.17) is 0 Å². The van der Waals surface area contributed by atoms with Crippen LogP contribution in [0, 0.1) is 0 Å². The van der Waals surface area contributed by atoms with E-state index in [0.29, 0.717) is 10.8 Å². The Kier molecular flexibility index (Phi) is 42.3. The topological polar surface area (TPSA) is 114 Å². The second kappa shape index (κ2) is 45.3. The normalized spacial score (nSPS) is 11.8. The standard InChI is InChI=1S/2C34H56O3S.Ba/c2*1-3-5-7-9-11-13-15-17-19-21-24-30-26-23-27-32-33(38(35,36)37)29-28-31(34(30)32)25-22-20-18-16-14-12-10-8-6-4-2;/h2*23,26-29H,3-22,24-25H2,1-2H3,(H,35,36,37);/q;;+2/p-2. The fourth-order valence-corrected chi connectivity index (χ4v) is 12.9. The first-order chi connectivity index (χ1) is 37.0. The molecule has 0 saturated carbocycles. The molecule has 432 valence electrons. The van der Waals surface area contributed by atoms with Crippen LogP contribution in [-0.4, -0.2) is 74.8 Å². The fraction of sp³-hybridized carbons (Fsp3) is 0.706. The molecule has 0 aliphatic heterocycles. The third kappa shape index (κ3) is 31.2. The van der Waals surface area contributed by atoms with Gasteiger partial charge in [-0.05, 0) is 107 Å². The van der Waals surface area contributed by atoms with Crippen molar-refractivity contribution in [2.45, 2.75) is 320 Å². The minimum atomic E-state index is -4.50.